The molecule has 1 N–H and O–H groups in total. The summed E-state index contributed by atoms with van der Waals surface area (Å²) in [7, 11) is 2.54. The van der Waals surface area contributed by atoms with E-state index in [-0.39, 0.29) is 27.3 Å². The first kappa shape index (κ1) is 14.1. The molecule has 0 heterocycles. The van der Waals surface area contributed by atoms with Crippen LogP contribution < -0.4 is 10.1 Å². The maximum Gasteiger partial charge on any atom is 0.265 e. The van der Waals surface area contributed by atoms with Crippen LogP contribution in [0.5, 0.6) is 5.75 Å². The van der Waals surface area contributed by atoms with E-state index in [1.165, 1.54) is 20.1 Å². The number of methoxy groups -OCH3 is 1. The van der Waals surface area contributed by atoms with Crippen LogP contribution >= 0.6 is 22.3 Å². The smallest absolute Gasteiger partial charge is 0.265 e. The summed E-state index contributed by atoms with van der Waals surface area (Å²) in [5.74, 6) is -0.330. The van der Waals surface area contributed by atoms with Crippen LogP contribution in [-0.2, 0) is 13.8 Å². The molecule has 0 aliphatic heterocycles. The highest BCUT2D eigenvalue weighted by Crippen LogP contribution is 2.35. The Kier molecular flexibility index (Phi) is 4.24. The Hall–Kier alpha value is -0.980. The van der Waals surface area contributed by atoms with Crippen molar-refractivity contribution < 1.29 is 17.9 Å². The molecule has 0 atom stereocenters. The largest absolute Gasteiger partial charge is 0.495 e. The van der Waals surface area contributed by atoms with Crippen molar-refractivity contribution in [2.24, 2.45) is 0 Å². The van der Waals surface area contributed by atoms with E-state index < -0.39 is 9.05 Å². The zero-order valence-electron chi connectivity index (χ0n) is 8.95. The molecule has 0 aliphatic carbocycles. The van der Waals surface area contributed by atoms with Gasteiger partial charge < -0.3 is 10.1 Å². The Balaban J connectivity index is 3.40. The minimum absolute atomic E-state index is 0.00755. The number of carbonyl (C=O) groups excluding carboxylic acids is 1. The van der Waals surface area contributed by atoms with Crippen LogP contribution in [0.2, 0.25) is 5.02 Å². The molecule has 5 nitrogen and oxygen atoms in total. The fraction of sp³-hybridized carbons (Fsp3) is 0.222. The monoisotopic (exact) mass is 297 g/mol. The summed E-state index contributed by atoms with van der Waals surface area (Å²) in [6.07, 6.45) is 0. The third-order valence-electron chi connectivity index (χ3n) is 1.83. The number of anilines is 1. The van der Waals surface area contributed by atoms with Gasteiger partial charge in [-0.3, -0.25) is 4.79 Å². The van der Waals surface area contributed by atoms with E-state index in [9.17, 15) is 13.2 Å². The number of carbonyl (C=O) groups is 1. The van der Waals surface area contributed by atoms with E-state index >= 15 is 0 Å². The van der Waals surface area contributed by atoms with Gasteiger partial charge in [0.1, 0.15) is 10.6 Å². The maximum atomic E-state index is 11.2. The summed E-state index contributed by atoms with van der Waals surface area (Å²) in [6, 6.07) is 2.41. The molecule has 0 saturated carbocycles. The number of nitrogens with one attached hydrogen (secondary N) is 1. The van der Waals surface area contributed by atoms with E-state index in [2.05, 4.69) is 5.32 Å². The molecule has 1 amide bonds. The molecule has 0 spiro atoms. The van der Waals surface area contributed by atoms with Crippen molar-refractivity contribution in [3.8, 4) is 5.75 Å². The van der Waals surface area contributed by atoms with Gasteiger partial charge in [-0.25, -0.2) is 8.42 Å². The topological polar surface area (TPSA) is 72.5 Å². The predicted octanol–water partition coefficient (Wildman–Crippen LogP) is 2.23. The van der Waals surface area contributed by atoms with E-state index in [0.29, 0.717) is 0 Å². The fourth-order valence-corrected chi connectivity index (χ4v) is 2.45. The van der Waals surface area contributed by atoms with Gasteiger partial charge in [-0.1, -0.05) is 11.6 Å². The first-order valence-corrected chi connectivity index (χ1v) is 7.04. The Bertz CT molecular complexity index is 556. The molecule has 1 aromatic carbocycles. The SMILES string of the molecule is COc1cc(NC(C)=O)c(Cl)cc1S(=O)(=O)Cl. The number of halogens is 2. The highest BCUT2D eigenvalue weighted by molar-refractivity contribution is 8.13. The zero-order chi connectivity index (χ0) is 13.2. The minimum Gasteiger partial charge on any atom is -0.495 e. The molecule has 0 radical (unpaired) electrons. The molecule has 0 aromatic heterocycles. The summed E-state index contributed by atoms with van der Waals surface area (Å²) >= 11 is 5.82. The molecule has 1 rings (SSSR count). The molecular weight excluding hydrogens is 289 g/mol. The Morgan fingerprint density at radius 3 is 2.41 bits per heavy atom. The third-order valence-corrected chi connectivity index (χ3v) is 3.48. The molecule has 0 saturated heterocycles. The van der Waals surface area contributed by atoms with E-state index in [4.69, 9.17) is 27.0 Å². The molecule has 0 aliphatic rings. The number of rotatable bonds is 3. The molecule has 0 fully saturated rings. The van der Waals surface area contributed by atoms with Crippen molar-refractivity contribution in [3.05, 3.63) is 17.2 Å². The lowest BCUT2D eigenvalue weighted by atomic mass is 10.3. The Morgan fingerprint density at radius 1 is 1.41 bits per heavy atom. The van der Waals surface area contributed by atoms with Gasteiger partial charge >= 0.3 is 0 Å². The zero-order valence-corrected chi connectivity index (χ0v) is 11.3. The van der Waals surface area contributed by atoms with Crippen molar-refractivity contribution in [2.75, 3.05) is 12.4 Å². The van der Waals surface area contributed by atoms with E-state index in [1.54, 1.807) is 0 Å². The van der Waals surface area contributed by atoms with Gasteiger partial charge in [-0.05, 0) is 6.07 Å². The van der Waals surface area contributed by atoms with Crippen LogP contribution in [0, 0.1) is 0 Å². The summed E-state index contributed by atoms with van der Waals surface area (Å²) in [5, 5.41) is 2.49. The molecule has 1 aromatic rings. The van der Waals surface area contributed by atoms with Gasteiger partial charge in [0, 0.05) is 23.7 Å². The van der Waals surface area contributed by atoms with Crippen LogP contribution in [0.4, 0.5) is 5.69 Å². The minimum atomic E-state index is -3.96. The average molecular weight is 298 g/mol. The van der Waals surface area contributed by atoms with Crippen molar-refractivity contribution >= 4 is 42.9 Å². The quantitative estimate of drug-likeness (QED) is 0.869. The van der Waals surface area contributed by atoms with E-state index in [0.717, 1.165) is 6.07 Å². The molecule has 17 heavy (non-hydrogen) atoms. The lowest BCUT2D eigenvalue weighted by Gasteiger charge is -2.10. The first-order valence-electron chi connectivity index (χ1n) is 4.35. The van der Waals surface area contributed by atoms with Crippen LogP contribution in [0.15, 0.2) is 17.0 Å². The number of amides is 1. The van der Waals surface area contributed by atoms with Crippen molar-refractivity contribution in [2.45, 2.75) is 11.8 Å². The van der Waals surface area contributed by atoms with Gasteiger partial charge in [0.05, 0.1) is 17.8 Å². The average Bonchev–Trinajstić information content (AvgIpc) is 2.18. The van der Waals surface area contributed by atoms with Gasteiger partial charge in [0.25, 0.3) is 9.05 Å². The highest BCUT2D eigenvalue weighted by Gasteiger charge is 2.19. The van der Waals surface area contributed by atoms with Crippen molar-refractivity contribution in [1.82, 2.24) is 0 Å². The second kappa shape index (κ2) is 5.12. The first-order chi connectivity index (χ1) is 7.75. The second-order valence-corrected chi connectivity index (χ2v) is 6.04. The van der Waals surface area contributed by atoms with Gasteiger partial charge in [-0.2, -0.15) is 0 Å². The van der Waals surface area contributed by atoms with Gasteiger partial charge in [0.2, 0.25) is 5.91 Å². The molecule has 0 unspecified atom stereocenters. The van der Waals surface area contributed by atoms with Crippen LogP contribution in [0.3, 0.4) is 0 Å². The normalized spacial score (nSPS) is 11.1. The standard InChI is InChI=1S/C9H9Cl2NO4S/c1-5(13)12-7-4-8(16-2)9(3-6(7)10)17(11,14)15/h3-4H,1-2H3,(H,12,13). The number of benzene rings is 1. The van der Waals surface area contributed by atoms with Crippen molar-refractivity contribution in [1.29, 1.82) is 0 Å². The number of ether oxygens (including phenoxy) is 1. The Labute approximate surface area is 108 Å². The Morgan fingerprint density at radius 2 is 2.00 bits per heavy atom. The molecule has 0 bridgehead atoms. The lowest BCUT2D eigenvalue weighted by Crippen LogP contribution is -2.07. The van der Waals surface area contributed by atoms with Crippen LogP contribution in [-0.4, -0.2) is 21.4 Å². The van der Waals surface area contributed by atoms with Crippen molar-refractivity contribution in [3.63, 3.8) is 0 Å². The number of hydrogen-bond acceptors (Lipinski definition) is 4. The highest BCUT2D eigenvalue weighted by atomic mass is 35.7. The maximum absolute atomic E-state index is 11.2. The number of hydrogen-bond donors (Lipinski definition) is 1. The van der Waals surface area contributed by atoms with E-state index in [1.807, 2.05) is 0 Å². The lowest BCUT2D eigenvalue weighted by molar-refractivity contribution is -0.114. The summed E-state index contributed by atoms with van der Waals surface area (Å²) < 4.78 is 27.4. The van der Waals surface area contributed by atoms with Crippen LogP contribution in [0.25, 0.3) is 0 Å². The summed E-state index contributed by atoms with van der Waals surface area (Å²) in [4.78, 5) is 10.6. The molecule has 94 valence electrons. The molecule has 8 heteroatoms. The van der Waals surface area contributed by atoms with Gasteiger partial charge in [0.15, 0.2) is 0 Å². The fourth-order valence-electron chi connectivity index (χ4n) is 1.17. The predicted molar refractivity (Wildman–Crippen MR) is 65.3 cm³/mol. The summed E-state index contributed by atoms with van der Waals surface area (Å²) in [6.45, 7) is 1.30. The van der Waals surface area contributed by atoms with Gasteiger partial charge in [-0.15, -0.1) is 0 Å². The third kappa shape index (κ3) is 3.49. The second-order valence-electron chi connectivity index (χ2n) is 3.10. The summed E-state index contributed by atoms with van der Waals surface area (Å²) in [5.41, 5.74) is 0.250. The molecular formula is C9H9Cl2NO4S. The van der Waals surface area contributed by atoms with Crippen LogP contribution in [0.1, 0.15) is 6.92 Å².